The second kappa shape index (κ2) is 7.69. The van der Waals surface area contributed by atoms with E-state index in [1.165, 1.54) is 19.3 Å². The molecule has 24 heavy (non-hydrogen) atoms. The molecule has 3 rings (SSSR count). The van der Waals surface area contributed by atoms with Gasteiger partial charge in [-0.25, -0.2) is 0 Å². The SMILES string of the molecule is C[C@@H]1CCCC[C@H]1NC(=O)COc1ccc(N2CCCC2=O)cc1. The van der Waals surface area contributed by atoms with E-state index in [0.717, 1.165) is 25.1 Å². The average molecular weight is 330 g/mol. The lowest BCUT2D eigenvalue weighted by Gasteiger charge is -2.29. The Morgan fingerprint density at radius 3 is 2.62 bits per heavy atom. The van der Waals surface area contributed by atoms with Crippen molar-refractivity contribution in [3.05, 3.63) is 24.3 Å². The van der Waals surface area contributed by atoms with Gasteiger partial charge in [-0.2, -0.15) is 0 Å². The summed E-state index contributed by atoms with van der Waals surface area (Å²) >= 11 is 0. The Morgan fingerprint density at radius 2 is 1.96 bits per heavy atom. The van der Waals surface area contributed by atoms with Crippen LogP contribution in [-0.4, -0.2) is 31.0 Å². The van der Waals surface area contributed by atoms with Crippen molar-refractivity contribution in [1.82, 2.24) is 5.32 Å². The zero-order valence-electron chi connectivity index (χ0n) is 14.3. The molecule has 1 aromatic carbocycles. The van der Waals surface area contributed by atoms with E-state index in [-0.39, 0.29) is 24.5 Å². The van der Waals surface area contributed by atoms with Gasteiger partial charge in [-0.1, -0.05) is 19.8 Å². The average Bonchev–Trinajstić information content (AvgIpc) is 3.02. The van der Waals surface area contributed by atoms with Gasteiger partial charge in [0, 0.05) is 24.7 Å². The van der Waals surface area contributed by atoms with Gasteiger partial charge in [0.25, 0.3) is 5.91 Å². The van der Waals surface area contributed by atoms with Crippen LogP contribution >= 0.6 is 0 Å². The summed E-state index contributed by atoms with van der Waals surface area (Å²) in [5.41, 5.74) is 0.894. The Labute approximate surface area is 143 Å². The molecule has 2 fully saturated rings. The highest BCUT2D eigenvalue weighted by atomic mass is 16.5. The minimum Gasteiger partial charge on any atom is -0.484 e. The molecule has 1 saturated carbocycles. The van der Waals surface area contributed by atoms with Gasteiger partial charge >= 0.3 is 0 Å². The Morgan fingerprint density at radius 1 is 1.21 bits per heavy atom. The zero-order chi connectivity index (χ0) is 16.9. The predicted molar refractivity (Wildman–Crippen MR) is 93.1 cm³/mol. The minimum atomic E-state index is -0.0625. The van der Waals surface area contributed by atoms with Gasteiger partial charge in [-0.05, 0) is 49.4 Å². The van der Waals surface area contributed by atoms with Crippen molar-refractivity contribution in [2.75, 3.05) is 18.1 Å². The summed E-state index contributed by atoms with van der Waals surface area (Å²) in [6.45, 7) is 3.01. The Hall–Kier alpha value is -2.04. The molecule has 0 radical (unpaired) electrons. The molecule has 1 heterocycles. The number of hydrogen-bond donors (Lipinski definition) is 1. The van der Waals surface area contributed by atoms with Crippen molar-refractivity contribution < 1.29 is 14.3 Å². The molecule has 5 heteroatoms. The highest BCUT2D eigenvalue weighted by Gasteiger charge is 2.23. The van der Waals surface area contributed by atoms with Crippen LogP contribution in [0.2, 0.25) is 0 Å². The van der Waals surface area contributed by atoms with Crippen LogP contribution in [0.25, 0.3) is 0 Å². The van der Waals surface area contributed by atoms with Crippen LogP contribution in [0.15, 0.2) is 24.3 Å². The fourth-order valence-corrected chi connectivity index (χ4v) is 3.57. The van der Waals surface area contributed by atoms with E-state index in [1.54, 1.807) is 4.90 Å². The van der Waals surface area contributed by atoms with E-state index in [2.05, 4.69) is 12.2 Å². The standard InChI is InChI=1S/C19H26N2O3/c1-14-5-2-3-6-17(14)20-18(22)13-24-16-10-8-15(9-11-16)21-12-4-7-19(21)23/h8-11,14,17H,2-7,12-13H2,1H3,(H,20,22)/t14-,17-/m1/s1. The second-order valence-electron chi connectivity index (χ2n) is 6.87. The van der Waals surface area contributed by atoms with Gasteiger partial charge in [0.2, 0.25) is 5.91 Å². The highest BCUT2D eigenvalue weighted by molar-refractivity contribution is 5.95. The van der Waals surface area contributed by atoms with Crippen LogP contribution < -0.4 is 15.0 Å². The number of hydrogen-bond acceptors (Lipinski definition) is 3. The summed E-state index contributed by atoms with van der Waals surface area (Å²) in [5, 5.41) is 3.08. The molecular formula is C19H26N2O3. The molecular weight excluding hydrogens is 304 g/mol. The molecule has 1 aromatic rings. The molecule has 0 spiro atoms. The number of anilines is 1. The fraction of sp³-hybridized carbons (Fsp3) is 0.579. The quantitative estimate of drug-likeness (QED) is 0.903. The molecule has 0 aromatic heterocycles. The maximum atomic E-state index is 12.1. The predicted octanol–water partition coefficient (Wildman–Crippen LogP) is 2.89. The Balaban J connectivity index is 1.47. The molecule has 2 aliphatic rings. The molecule has 1 saturated heterocycles. The minimum absolute atomic E-state index is 0.0329. The van der Waals surface area contributed by atoms with E-state index < -0.39 is 0 Å². The molecule has 130 valence electrons. The van der Waals surface area contributed by atoms with Gasteiger partial charge in [-0.15, -0.1) is 0 Å². The number of carbonyl (C=O) groups is 2. The molecule has 2 atom stereocenters. The van der Waals surface area contributed by atoms with Crippen molar-refractivity contribution in [1.29, 1.82) is 0 Å². The summed E-state index contributed by atoms with van der Waals surface area (Å²) in [4.78, 5) is 25.6. The summed E-state index contributed by atoms with van der Waals surface area (Å²) in [6, 6.07) is 7.66. The highest BCUT2D eigenvalue weighted by Crippen LogP contribution is 2.25. The van der Waals surface area contributed by atoms with Gasteiger partial charge in [-0.3, -0.25) is 9.59 Å². The van der Waals surface area contributed by atoms with Crippen LogP contribution in [0, 0.1) is 5.92 Å². The molecule has 5 nitrogen and oxygen atoms in total. The molecule has 1 aliphatic heterocycles. The van der Waals surface area contributed by atoms with E-state index in [1.807, 2.05) is 24.3 Å². The Bertz CT molecular complexity index is 585. The van der Waals surface area contributed by atoms with Crippen LogP contribution in [0.3, 0.4) is 0 Å². The number of carbonyl (C=O) groups excluding carboxylic acids is 2. The summed E-state index contributed by atoms with van der Waals surface area (Å²) in [7, 11) is 0. The third kappa shape index (κ3) is 4.08. The first-order valence-electron chi connectivity index (χ1n) is 8.96. The lowest BCUT2D eigenvalue weighted by molar-refractivity contribution is -0.124. The van der Waals surface area contributed by atoms with Gasteiger partial charge in [0.05, 0.1) is 0 Å². The van der Waals surface area contributed by atoms with Crippen molar-refractivity contribution in [2.45, 2.75) is 51.5 Å². The topological polar surface area (TPSA) is 58.6 Å². The van der Waals surface area contributed by atoms with E-state index in [4.69, 9.17) is 4.74 Å². The largest absolute Gasteiger partial charge is 0.484 e. The summed E-state index contributed by atoms with van der Waals surface area (Å²) in [5.74, 6) is 1.30. The Kier molecular flexibility index (Phi) is 5.38. The number of rotatable bonds is 5. The maximum absolute atomic E-state index is 12.1. The smallest absolute Gasteiger partial charge is 0.258 e. The molecule has 1 aliphatic carbocycles. The van der Waals surface area contributed by atoms with Crippen molar-refractivity contribution >= 4 is 17.5 Å². The first-order valence-corrected chi connectivity index (χ1v) is 8.96. The third-order valence-corrected chi connectivity index (χ3v) is 5.05. The third-order valence-electron chi connectivity index (χ3n) is 5.05. The van der Waals surface area contributed by atoms with E-state index in [9.17, 15) is 9.59 Å². The number of nitrogens with zero attached hydrogens (tertiary/aromatic N) is 1. The van der Waals surface area contributed by atoms with E-state index >= 15 is 0 Å². The zero-order valence-corrected chi connectivity index (χ0v) is 14.3. The van der Waals surface area contributed by atoms with Gasteiger partial charge in [0.1, 0.15) is 5.75 Å². The molecule has 0 unspecified atom stereocenters. The summed E-state index contributed by atoms with van der Waals surface area (Å²) in [6.07, 6.45) is 6.23. The van der Waals surface area contributed by atoms with Crippen molar-refractivity contribution in [3.8, 4) is 5.75 Å². The molecule has 2 amide bonds. The van der Waals surface area contributed by atoms with Crippen LogP contribution in [0.4, 0.5) is 5.69 Å². The lowest BCUT2D eigenvalue weighted by Crippen LogP contribution is -2.43. The van der Waals surface area contributed by atoms with Gasteiger partial charge in [0.15, 0.2) is 6.61 Å². The number of benzene rings is 1. The summed E-state index contributed by atoms with van der Waals surface area (Å²) < 4.78 is 5.57. The van der Waals surface area contributed by atoms with Crippen LogP contribution in [-0.2, 0) is 9.59 Å². The number of amides is 2. The molecule has 0 bridgehead atoms. The fourth-order valence-electron chi connectivity index (χ4n) is 3.57. The van der Waals surface area contributed by atoms with Gasteiger partial charge < -0.3 is 15.0 Å². The maximum Gasteiger partial charge on any atom is 0.258 e. The first kappa shape index (κ1) is 16.8. The normalized spacial score (nSPS) is 24.0. The monoisotopic (exact) mass is 330 g/mol. The second-order valence-corrected chi connectivity index (χ2v) is 6.87. The number of nitrogens with one attached hydrogen (secondary N) is 1. The van der Waals surface area contributed by atoms with E-state index in [0.29, 0.717) is 18.1 Å². The molecule has 1 N–H and O–H groups in total. The van der Waals surface area contributed by atoms with Crippen molar-refractivity contribution in [2.24, 2.45) is 5.92 Å². The van der Waals surface area contributed by atoms with Crippen LogP contribution in [0.1, 0.15) is 45.4 Å². The first-order chi connectivity index (χ1) is 11.6. The lowest BCUT2D eigenvalue weighted by atomic mass is 9.86. The number of ether oxygens (including phenoxy) is 1. The van der Waals surface area contributed by atoms with Crippen LogP contribution in [0.5, 0.6) is 5.75 Å². The van der Waals surface area contributed by atoms with Crippen molar-refractivity contribution in [3.63, 3.8) is 0 Å².